The average molecular weight is 291 g/mol. The van der Waals surface area contributed by atoms with Gasteiger partial charge in [0.25, 0.3) is 5.56 Å². The molecule has 20 heavy (non-hydrogen) atoms. The minimum Gasteiger partial charge on any atom is -0.469 e. The third-order valence-corrected chi connectivity index (χ3v) is 3.77. The lowest BCUT2D eigenvalue weighted by molar-refractivity contribution is 0.516. The van der Waals surface area contributed by atoms with Gasteiger partial charge in [-0.1, -0.05) is 11.3 Å². The first-order valence-electron chi connectivity index (χ1n) is 6.24. The molecule has 3 aromatic heterocycles. The Morgan fingerprint density at radius 1 is 1.40 bits per heavy atom. The van der Waals surface area contributed by atoms with Crippen molar-refractivity contribution >= 4 is 16.3 Å². The molecule has 104 valence electrons. The number of aryl methyl sites for hydroxylation is 1. The van der Waals surface area contributed by atoms with Gasteiger partial charge in [0.2, 0.25) is 4.96 Å². The zero-order valence-corrected chi connectivity index (χ0v) is 11.5. The number of fused-ring (bicyclic) bond motifs is 1. The lowest BCUT2D eigenvalue weighted by atomic mass is 10.2. The SMILES string of the molecule is NCCCc1nn2c(=O)c(Cc3ccco3)nnc2s1. The van der Waals surface area contributed by atoms with E-state index in [-0.39, 0.29) is 5.56 Å². The number of hydrogen-bond donors (Lipinski definition) is 1. The van der Waals surface area contributed by atoms with Gasteiger partial charge in [-0.2, -0.15) is 9.61 Å². The van der Waals surface area contributed by atoms with E-state index in [9.17, 15) is 4.79 Å². The minimum absolute atomic E-state index is 0.248. The third kappa shape index (κ3) is 2.47. The molecule has 0 aliphatic heterocycles. The number of furan rings is 1. The highest BCUT2D eigenvalue weighted by molar-refractivity contribution is 7.16. The van der Waals surface area contributed by atoms with Crippen LogP contribution in [0.25, 0.3) is 4.96 Å². The Balaban J connectivity index is 1.95. The standard InChI is InChI=1S/C12H13N5O2S/c13-5-1-4-10-16-17-11(18)9(14-15-12(17)20-10)7-8-3-2-6-19-8/h2-3,6H,1,4-5,7,13H2. The maximum Gasteiger partial charge on any atom is 0.297 e. The lowest BCUT2D eigenvalue weighted by Crippen LogP contribution is -2.22. The van der Waals surface area contributed by atoms with Crippen molar-refractivity contribution in [3.8, 4) is 0 Å². The Bertz CT molecular complexity index is 762. The van der Waals surface area contributed by atoms with E-state index in [4.69, 9.17) is 10.2 Å². The van der Waals surface area contributed by atoms with Gasteiger partial charge in [0.1, 0.15) is 16.5 Å². The molecular weight excluding hydrogens is 278 g/mol. The first-order valence-corrected chi connectivity index (χ1v) is 7.06. The lowest BCUT2D eigenvalue weighted by Gasteiger charge is -1.95. The number of nitrogens with two attached hydrogens (primary N) is 1. The fourth-order valence-electron chi connectivity index (χ4n) is 1.83. The third-order valence-electron chi connectivity index (χ3n) is 2.81. The van der Waals surface area contributed by atoms with Crippen molar-refractivity contribution in [2.75, 3.05) is 6.54 Å². The smallest absolute Gasteiger partial charge is 0.297 e. The highest BCUT2D eigenvalue weighted by Gasteiger charge is 2.13. The normalized spacial score (nSPS) is 11.2. The van der Waals surface area contributed by atoms with Crippen molar-refractivity contribution in [1.82, 2.24) is 19.8 Å². The molecular formula is C12H13N5O2S. The van der Waals surface area contributed by atoms with Crippen molar-refractivity contribution < 1.29 is 4.42 Å². The predicted molar refractivity (Wildman–Crippen MR) is 73.8 cm³/mol. The molecule has 0 saturated heterocycles. The van der Waals surface area contributed by atoms with Crippen LogP contribution in [0.15, 0.2) is 27.6 Å². The van der Waals surface area contributed by atoms with E-state index in [1.54, 1.807) is 18.4 Å². The van der Waals surface area contributed by atoms with E-state index in [1.165, 1.54) is 15.9 Å². The maximum atomic E-state index is 12.3. The molecule has 0 bridgehead atoms. The second-order valence-electron chi connectivity index (χ2n) is 4.29. The zero-order valence-electron chi connectivity index (χ0n) is 10.7. The maximum absolute atomic E-state index is 12.3. The molecule has 8 heteroatoms. The molecule has 3 aromatic rings. The molecule has 3 heterocycles. The van der Waals surface area contributed by atoms with Gasteiger partial charge in [0, 0.05) is 6.42 Å². The van der Waals surface area contributed by atoms with E-state index >= 15 is 0 Å². The van der Waals surface area contributed by atoms with Crippen molar-refractivity contribution in [1.29, 1.82) is 0 Å². The summed E-state index contributed by atoms with van der Waals surface area (Å²) in [5, 5.41) is 13.1. The zero-order chi connectivity index (χ0) is 13.9. The second-order valence-corrected chi connectivity index (χ2v) is 5.33. The van der Waals surface area contributed by atoms with Crippen LogP contribution in [0.3, 0.4) is 0 Å². The summed E-state index contributed by atoms with van der Waals surface area (Å²) in [6.07, 6.45) is 3.46. The first kappa shape index (κ1) is 12.9. The van der Waals surface area contributed by atoms with Crippen molar-refractivity contribution in [2.45, 2.75) is 19.3 Å². The highest BCUT2D eigenvalue weighted by Crippen LogP contribution is 2.12. The Morgan fingerprint density at radius 2 is 2.30 bits per heavy atom. The molecule has 0 aliphatic carbocycles. The van der Waals surface area contributed by atoms with Crippen LogP contribution in [0.4, 0.5) is 0 Å². The fourth-order valence-corrected chi connectivity index (χ4v) is 2.70. The van der Waals surface area contributed by atoms with Crippen molar-refractivity contribution in [2.24, 2.45) is 5.73 Å². The molecule has 0 atom stereocenters. The van der Waals surface area contributed by atoms with E-state index < -0.39 is 0 Å². The summed E-state index contributed by atoms with van der Waals surface area (Å²) in [5.41, 5.74) is 5.55. The van der Waals surface area contributed by atoms with Crippen LogP contribution in [0.1, 0.15) is 22.9 Å². The topological polar surface area (TPSA) is 99.3 Å². The highest BCUT2D eigenvalue weighted by atomic mass is 32.1. The fraction of sp³-hybridized carbons (Fsp3) is 0.333. The summed E-state index contributed by atoms with van der Waals surface area (Å²) >= 11 is 1.37. The molecule has 0 aromatic carbocycles. The number of aromatic nitrogens is 4. The predicted octanol–water partition coefficient (Wildman–Crippen LogP) is 0.621. The number of rotatable bonds is 5. The summed E-state index contributed by atoms with van der Waals surface area (Å²) in [6.45, 7) is 0.597. The molecule has 2 N–H and O–H groups in total. The van der Waals surface area contributed by atoms with Crippen LogP contribution in [0.2, 0.25) is 0 Å². The molecule has 0 amide bonds. The molecule has 0 fully saturated rings. The second kappa shape index (κ2) is 5.51. The molecule has 7 nitrogen and oxygen atoms in total. The summed E-state index contributed by atoms with van der Waals surface area (Å²) in [7, 11) is 0. The van der Waals surface area contributed by atoms with Gasteiger partial charge < -0.3 is 10.2 Å². The minimum atomic E-state index is -0.248. The van der Waals surface area contributed by atoms with Gasteiger partial charge in [0.15, 0.2) is 0 Å². The van der Waals surface area contributed by atoms with Crippen LogP contribution in [0, 0.1) is 0 Å². The quantitative estimate of drug-likeness (QED) is 0.740. The van der Waals surface area contributed by atoms with Crippen LogP contribution >= 0.6 is 11.3 Å². The van der Waals surface area contributed by atoms with Gasteiger partial charge >= 0.3 is 0 Å². The molecule has 0 radical (unpaired) electrons. The van der Waals surface area contributed by atoms with Gasteiger partial charge in [0.05, 0.1) is 12.7 Å². The van der Waals surface area contributed by atoms with Crippen molar-refractivity contribution in [3.05, 3.63) is 45.2 Å². The summed E-state index contributed by atoms with van der Waals surface area (Å²) < 4.78 is 6.52. The van der Waals surface area contributed by atoms with Gasteiger partial charge in [-0.15, -0.1) is 10.2 Å². The first-order chi connectivity index (χ1) is 9.78. The van der Waals surface area contributed by atoms with E-state index in [0.717, 1.165) is 17.8 Å². The molecule has 0 saturated carbocycles. The summed E-state index contributed by atoms with van der Waals surface area (Å²) in [6, 6.07) is 3.57. The Kier molecular flexibility index (Phi) is 3.57. The molecule has 3 rings (SSSR count). The molecule has 0 unspecified atom stereocenters. The van der Waals surface area contributed by atoms with Crippen LogP contribution in [-0.4, -0.2) is 26.4 Å². The number of nitrogens with zero attached hydrogens (tertiary/aromatic N) is 4. The van der Waals surface area contributed by atoms with E-state index in [2.05, 4.69) is 15.3 Å². The summed E-state index contributed by atoms with van der Waals surface area (Å²) in [4.78, 5) is 12.8. The molecule has 0 aliphatic rings. The monoisotopic (exact) mass is 291 g/mol. The van der Waals surface area contributed by atoms with E-state index in [1.807, 2.05) is 0 Å². The van der Waals surface area contributed by atoms with Gasteiger partial charge in [-0.05, 0) is 25.1 Å². The Morgan fingerprint density at radius 3 is 3.05 bits per heavy atom. The van der Waals surface area contributed by atoms with Crippen LogP contribution in [0.5, 0.6) is 0 Å². The van der Waals surface area contributed by atoms with Crippen LogP contribution < -0.4 is 11.3 Å². The van der Waals surface area contributed by atoms with Gasteiger partial charge in [-0.3, -0.25) is 4.79 Å². The average Bonchev–Trinajstić information content (AvgIpc) is 3.09. The summed E-state index contributed by atoms with van der Waals surface area (Å²) in [5.74, 6) is 0.676. The Labute approximate surface area is 118 Å². The van der Waals surface area contributed by atoms with Gasteiger partial charge in [-0.25, -0.2) is 0 Å². The number of hydrogen-bond acceptors (Lipinski definition) is 7. The molecule has 0 spiro atoms. The van der Waals surface area contributed by atoms with Crippen molar-refractivity contribution in [3.63, 3.8) is 0 Å². The largest absolute Gasteiger partial charge is 0.469 e. The van der Waals surface area contributed by atoms with E-state index in [0.29, 0.717) is 29.4 Å². The Hall–Kier alpha value is -2.06. The van der Waals surface area contributed by atoms with Crippen LogP contribution in [-0.2, 0) is 12.8 Å².